The topological polar surface area (TPSA) is 135 Å². The number of aryl methyl sites for hydroxylation is 1. The van der Waals surface area contributed by atoms with Gasteiger partial charge in [0.2, 0.25) is 0 Å². The average Bonchev–Trinajstić information content (AvgIpc) is 2.54. The van der Waals surface area contributed by atoms with Crippen molar-refractivity contribution >= 4 is 20.2 Å². The van der Waals surface area contributed by atoms with Crippen LogP contribution in [-0.4, -0.2) is 47.4 Å². The van der Waals surface area contributed by atoms with Gasteiger partial charge in [-0.05, 0) is 60.6 Å². The first-order valence-corrected chi connectivity index (χ1v) is 11.1. The second-order valence-electron chi connectivity index (χ2n) is 5.80. The Balaban J connectivity index is 2.30. The maximum atomic E-state index is 11.0. The molecule has 0 unspecified atom stereocenters. The first kappa shape index (κ1) is 20.4. The zero-order valence-corrected chi connectivity index (χ0v) is 15.6. The second kappa shape index (κ2) is 8.67. The van der Waals surface area contributed by atoms with Crippen molar-refractivity contribution in [3.8, 4) is 11.1 Å². The third-order valence-corrected chi connectivity index (χ3v) is 5.39. The van der Waals surface area contributed by atoms with Gasteiger partial charge >= 0.3 is 0 Å². The summed E-state index contributed by atoms with van der Waals surface area (Å²) in [6, 6.07) is 5.41. The van der Waals surface area contributed by atoms with Crippen LogP contribution in [0.3, 0.4) is 0 Å². The molecular weight excluding hydrogens is 380 g/mol. The normalized spacial score (nSPS) is 12.2. The SMILES string of the molecule is O=S(=O)(O)CCCc1nccc(-c2ccncc2)c1CCCS(=O)(=O)O. The molecule has 0 aliphatic rings. The van der Waals surface area contributed by atoms with E-state index in [4.69, 9.17) is 9.11 Å². The van der Waals surface area contributed by atoms with Gasteiger partial charge in [0.1, 0.15) is 0 Å². The molecule has 0 saturated carbocycles. The Bertz CT molecular complexity index is 944. The molecule has 0 aliphatic heterocycles. The number of hydrogen-bond acceptors (Lipinski definition) is 6. The molecule has 2 aromatic rings. The number of aromatic nitrogens is 2. The fourth-order valence-electron chi connectivity index (χ4n) is 2.69. The highest BCUT2D eigenvalue weighted by Crippen LogP contribution is 2.27. The van der Waals surface area contributed by atoms with E-state index in [1.807, 2.05) is 12.1 Å². The Hall–Kier alpha value is -1.88. The zero-order valence-electron chi connectivity index (χ0n) is 13.9. The van der Waals surface area contributed by atoms with Crippen LogP contribution >= 0.6 is 0 Å². The monoisotopic (exact) mass is 400 g/mol. The van der Waals surface area contributed by atoms with Crippen molar-refractivity contribution in [2.45, 2.75) is 25.7 Å². The summed E-state index contributed by atoms with van der Waals surface area (Å²) in [4.78, 5) is 8.27. The lowest BCUT2D eigenvalue weighted by Crippen LogP contribution is -2.09. The highest BCUT2D eigenvalue weighted by molar-refractivity contribution is 7.86. The van der Waals surface area contributed by atoms with Gasteiger partial charge in [0.15, 0.2) is 0 Å². The molecule has 0 spiro atoms. The Kier molecular flexibility index (Phi) is 6.81. The summed E-state index contributed by atoms with van der Waals surface area (Å²) in [5.41, 5.74) is 3.15. The molecule has 0 fully saturated rings. The van der Waals surface area contributed by atoms with Gasteiger partial charge in [0.25, 0.3) is 20.2 Å². The Labute approximate surface area is 152 Å². The standard InChI is InChI=1S/C16H20N2O6S2/c19-25(20,21)11-1-3-15-14(13-5-8-17-9-6-13)7-10-18-16(15)4-2-12-26(22,23)24/h5-10H,1-4,11-12H2,(H,19,20,21)(H,22,23,24). The minimum absolute atomic E-state index is 0.191. The highest BCUT2D eigenvalue weighted by Gasteiger charge is 2.14. The molecule has 0 bridgehead atoms. The molecule has 0 aromatic carbocycles. The van der Waals surface area contributed by atoms with Gasteiger partial charge in [-0.15, -0.1) is 0 Å². The fourth-order valence-corrected chi connectivity index (χ4v) is 3.70. The second-order valence-corrected chi connectivity index (χ2v) is 8.94. The van der Waals surface area contributed by atoms with E-state index in [1.54, 1.807) is 24.7 Å². The summed E-state index contributed by atoms with van der Waals surface area (Å²) < 4.78 is 61.6. The molecule has 10 heteroatoms. The first-order valence-electron chi connectivity index (χ1n) is 7.93. The van der Waals surface area contributed by atoms with Crippen LogP contribution < -0.4 is 0 Å². The van der Waals surface area contributed by atoms with Crippen LogP contribution in [-0.2, 0) is 33.1 Å². The molecule has 142 valence electrons. The van der Waals surface area contributed by atoms with Crippen LogP contribution in [0.2, 0.25) is 0 Å². The molecule has 0 atom stereocenters. The van der Waals surface area contributed by atoms with Crippen LogP contribution in [0.15, 0.2) is 36.8 Å². The van der Waals surface area contributed by atoms with Crippen molar-refractivity contribution < 1.29 is 25.9 Å². The van der Waals surface area contributed by atoms with Crippen molar-refractivity contribution in [1.29, 1.82) is 0 Å². The highest BCUT2D eigenvalue weighted by atomic mass is 32.2. The van der Waals surface area contributed by atoms with Gasteiger partial charge in [-0.1, -0.05) is 0 Å². The Morgan fingerprint density at radius 3 is 1.96 bits per heavy atom. The number of rotatable bonds is 9. The number of hydrogen-bond donors (Lipinski definition) is 2. The third-order valence-electron chi connectivity index (χ3n) is 3.78. The summed E-state index contributed by atoms with van der Waals surface area (Å²) in [5, 5.41) is 0. The molecular formula is C16H20N2O6S2. The third kappa shape index (κ3) is 6.79. The maximum absolute atomic E-state index is 11.0. The first-order chi connectivity index (χ1) is 12.2. The lowest BCUT2D eigenvalue weighted by atomic mass is 9.95. The van der Waals surface area contributed by atoms with Gasteiger partial charge in [-0.2, -0.15) is 16.8 Å². The van der Waals surface area contributed by atoms with Gasteiger partial charge in [-0.3, -0.25) is 19.1 Å². The van der Waals surface area contributed by atoms with Crippen molar-refractivity contribution in [1.82, 2.24) is 9.97 Å². The van der Waals surface area contributed by atoms with E-state index >= 15 is 0 Å². The molecule has 0 radical (unpaired) electrons. The molecule has 26 heavy (non-hydrogen) atoms. The van der Waals surface area contributed by atoms with E-state index < -0.39 is 20.2 Å². The number of nitrogens with zero attached hydrogens (tertiary/aromatic N) is 2. The van der Waals surface area contributed by atoms with Crippen LogP contribution in [0.5, 0.6) is 0 Å². The Morgan fingerprint density at radius 2 is 1.38 bits per heavy atom. The van der Waals surface area contributed by atoms with Crippen LogP contribution in [0.4, 0.5) is 0 Å². The lowest BCUT2D eigenvalue weighted by Gasteiger charge is -2.14. The summed E-state index contributed by atoms with van der Waals surface area (Å²) in [5.74, 6) is -0.749. The summed E-state index contributed by atoms with van der Waals surface area (Å²) in [6.07, 6.45) is 5.94. The predicted octanol–water partition coefficient (Wildman–Crippen LogP) is 1.78. The Morgan fingerprint density at radius 1 is 0.808 bits per heavy atom. The molecule has 8 nitrogen and oxygen atoms in total. The van der Waals surface area contributed by atoms with Gasteiger partial charge in [0.05, 0.1) is 11.5 Å². The largest absolute Gasteiger partial charge is 0.286 e. The summed E-state index contributed by atoms with van der Waals surface area (Å²) in [6.45, 7) is 0. The van der Waals surface area contributed by atoms with Crippen molar-refractivity contribution in [2.75, 3.05) is 11.5 Å². The van der Waals surface area contributed by atoms with Gasteiger partial charge in [0, 0.05) is 24.3 Å². The summed E-state index contributed by atoms with van der Waals surface area (Å²) in [7, 11) is -8.12. The minimum Gasteiger partial charge on any atom is -0.286 e. The smallest absolute Gasteiger partial charge is 0.264 e. The van der Waals surface area contributed by atoms with E-state index in [9.17, 15) is 16.8 Å². The molecule has 2 aromatic heterocycles. The zero-order chi connectivity index (χ0) is 19.2. The van der Waals surface area contributed by atoms with Crippen LogP contribution in [0.1, 0.15) is 24.1 Å². The van der Waals surface area contributed by atoms with Crippen molar-refractivity contribution in [3.63, 3.8) is 0 Å². The van der Waals surface area contributed by atoms with Crippen LogP contribution in [0, 0.1) is 0 Å². The van der Waals surface area contributed by atoms with Crippen molar-refractivity contribution in [3.05, 3.63) is 48.0 Å². The van der Waals surface area contributed by atoms with E-state index in [1.165, 1.54) is 0 Å². The predicted molar refractivity (Wildman–Crippen MR) is 96.9 cm³/mol. The number of pyridine rings is 2. The average molecular weight is 400 g/mol. The maximum Gasteiger partial charge on any atom is 0.264 e. The van der Waals surface area contributed by atoms with Gasteiger partial charge < -0.3 is 0 Å². The molecule has 2 N–H and O–H groups in total. The van der Waals surface area contributed by atoms with Crippen molar-refractivity contribution in [2.24, 2.45) is 0 Å². The molecule has 0 saturated heterocycles. The van der Waals surface area contributed by atoms with Crippen LogP contribution in [0.25, 0.3) is 11.1 Å². The molecule has 0 amide bonds. The molecule has 0 aliphatic carbocycles. The fraction of sp³-hybridized carbons (Fsp3) is 0.375. The van der Waals surface area contributed by atoms with E-state index in [0.717, 1.165) is 16.7 Å². The van der Waals surface area contributed by atoms with Gasteiger partial charge in [-0.25, -0.2) is 0 Å². The quantitative estimate of drug-likeness (QED) is 0.608. The lowest BCUT2D eigenvalue weighted by molar-refractivity contribution is 0.478. The molecule has 2 rings (SSSR count). The summed E-state index contributed by atoms with van der Waals surface area (Å²) >= 11 is 0. The molecule has 2 heterocycles. The minimum atomic E-state index is -4.06. The van der Waals surface area contributed by atoms with E-state index in [2.05, 4.69) is 9.97 Å². The van der Waals surface area contributed by atoms with E-state index in [0.29, 0.717) is 18.5 Å². The van der Waals surface area contributed by atoms with E-state index in [-0.39, 0.29) is 24.3 Å².